The van der Waals surface area contributed by atoms with E-state index in [0.29, 0.717) is 0 Å². The second-order valence-corrected chi connectivity index (χ2v) is 8.89. The van der Waals surface area contributed by atoms with Crippen molar-refractivity contribution < 1.29 is 22.3 Å². The highest BCUT2D eigenvalue weighted by atomic mass is 79.9. The number of benzene rings is 2. The number of amides is 1. The second kappa shape index (κ2) is 9.49. The van der Waals surface area contributed by atoms with Crippen molar-refractivity contribution >= 4 is 31.9 Å². The van der Waals surface area contributed by atoms with Crippen LogP contribution in [0.1, 0.15) is 25.5 Å². The number of nitrogens with one attached hydrogen (secondary N) is 1. The molecule has 0 aliphatic carbocycles. The quantitative estimate of drug-likeness (QED) is 0.637. The monoisotopic (exact) mass is 472 g/mol. The number of nitrogens with zero attached hydrogens (tertiary/aromatic N) is 1. The van der Waals surface area contributed by atoms with Crippen molar-refractivity contribution in [3.8, 4) is 5.75 Å². The lowest BCUT2D eigenvalue weighted by molar-refractivity contribution is -0.121. The summed E-state index contributed by atoms with van der Waals surface area (Å²) in [5.41, 5.74) is 0.884. The minimum absolute atomic E-state index is 0.0171. The molecule has 2 aromatic carbocycles. The van der Waals surface area contributed by atoms with Gasteiger partial charge in [-0.25, -0.2) is 12.8 Å². The van der Waals surface area contributed by atoms with Crippen LogP contribution in [-0.4, -0.2) is 38.8 Å². The Bertz CT molecular complexity index is 935. The zero-order valence-electron chi connectivity index (χ0n) is 15.8. The summed E-state index contributed by atoms with van der Waals surface area (Å²) >= 11 is 3.35. The largest absolute Gasteiger partial charge is 0.495 e. The lowest BCUT2D eigenvalue weighted by Gasteiger charge is -2.22. The number of halogens is 2. The van der Waals surface area contributed by atoms with Crippen LogP contribution in [0.25, 0.3) is 0 Å². The Kier molecular flexibility index (Phi) is 7.56. The number of hydrogen-bond donors (Lipinski definition) is 1. The van der Waals surface area contributed by atoms with Crippen molar-refractivity contribution in [3.05, 3.63) is 58.3 Å². The standard InChI is InChI=1S/C19H22BrFN2O4S/c1-4-23(28(25,26)18-11-16(21)9-10-17(18)27-3)12-19(24)22-13(2)14-5-7-15(20)8-6-14/h5-11,13H,4,12H2,1-3H3,(H,22,24)/t13-/m0/s1. The normalized spacial score (nSPS) is 12.6. The van der Waals surface area contributed by atoms with Gasteiger partial charge in [-0.3, -0.25) is 4.79 Å². The molecule has 0 unspecified atom stereocenters. The molecular weight excluding hydrogens is 451 g/mol. The second-order valence-electron chi connectivity index (χ2n) is 6.07. The third kappa shape index (κ3) is 5.30. The Hall–Kier alpha value is -1.97. The minimum atomic E-state index is -4.12. The highest BCUT2D eigenvalue weighted by molar-refractivity contribution is 9.10. The zero-order chi connectivity index (χ0) is 20.9. The van der Waals surface area contributed by atoms with E-state index in [-0.39, 0.29) is 29.8 Å². The molecule has 0 heterocycles. The molecule has 0 aromatic heterocycles. The van der Waals surface area contributed by atoms with Gasteiger partial charge in [0, 0.05) is 11.0 Å². The highest BCUT2D eigenvalue weighted by Crippen LogP contribution is 2.27. The third-order valence-corrected chi connectivity index (χ3v) is 6.63. The average molecular weight is 473 g/mol. The molecule has 28 heavy (non-hydrogen) atoms. The summed E-state index contributed by atoms with van der Waals surface area (Å²) < 4.78 is 46.4. The fraction of sp³-hybridized carbons (Fsp3) is 0.316. The number of carbonyl (C=O) groups excluding carboxylic acids is 1. The highest BCUT2D eigenvalue weighted by Gasteiger charge is 2.29. The fourth-order valence-electron chi connectivity index (χ4n) is 2.64. The molecule has 0 spiro atoms. The third-order valence-electron chi connectivity index (χ3n) is 4.16. The van der Waals surface area contributed by atoms with Crippen LogP contribution in [0.5, 0.6) is 5.75 Å². The Morgan fingerprint density at radius 2 is 1.89 bits per heavy atom. The van der Waals surface area contributed by atoms with Crippen molar-refractivity contribution in [3.63, 3.8) is 0 Å². The number of carbonyl (C=O) groups is 1. The van der Waals surface area contributed by atoms with E-state index < -0.39 is 21.7 Å². The molecule has 0 aliphatic rings. The van der Waals surface area contributed by atoms with Gasteiger partial charge in [0.15, 0.2) is 0 Å². The molecule has 152 valence electrons. The maximum absolute atomic E-state index is 13.6. The van der Waals surface area contributed by atoms with Gasteiger partial charge < -0.3 is 10.1 Å². The van der Waals surface area contributed by atoms with Crippen LogP contribution in [0, 0.1) is 5.82 Å². The molecule has 2 rings (SSSR count). The molecule has 0 aliphatic heterocycles. The van der Waals surface area contributed by atoms with E-state index in [4.69, 9.17) is 4.74 Å². The maximum Gasteiger partial charge on any atom is 0.247 e. The van der Waals surface area contributed by atoms with Crippen molar-refractivity contribution in [1.29, 1.82) is 0 Å². The molecule has 0 radical (unpaired) electrons. The number of rotatable bonds is 8. The zero-order valence-corrected chi connectivity index (χ0v) is 18.2. The Morgan fingerprint density at radius 3 is 2.46 bits per heavy atom. The van der Waals surface area contributed by atoms with E-state index >= 15 is 0 Å². The maximum atomic E-state index is 13.6. The molecular formula is C19H22BrFN2O4S. The van der Waals surface area contributed by atoms with Crippen molar-refractivity contribution in [2.45, 2.75) is 24.8 Å². The van der Waals surface area contributed by atoms with Crippen LogP contribution in [0.2, 0.25) is 0 Å². The first-order valence-electron chi connectivity index (χ1n) is 8.57. The van der Waals surface area contributed by atoms with Gasteiger partial charge in [-0.15, -0.1) is 0 Å². The molecule has 1 atom stereocenters. The van der Waals surface area contributed by atoms with Crippen molar-refractivity contribution in [1.82, 2.24) is 9.62 Å². The molecule has 1 N–H and O–H groups in total. The number of ether oxygens (including phenoxy) is 1. The Balaban J connectivity index is 2.17. The first kappa shape index (κ1) is 22.3. The van der Waals surface area contributed by atoms with Gasteiger partial charge in [-0.2, -0.15) is 4.31 Å². The molecule has 9 heteroatoms. The van der Waals surface area contributed by atoms with Gasteiger partial charge in [0.25, 0.3) is 0 Å². The topological polar surface area (TPSA) is 75.7 Å². The lowest BCUT2D eigenvalue weighted by Crippen LogP contribution is -2.41. The van der Waals surface area contributed by atoms with Gasteiger partial charge in [0.2, 0.25) is 15.9 Å². The predicted molar refractivity (Wildman–Crippen MR) is 108 cm³/mol. The summed E-state index contributed by atoms with van der Waals surface area (Å²) in [7, 11) is -2.82. The average Bonchev–Trinajstić information content (AvgIpc) is 2.66. The summed E-state index contributed by atoms with van der Waals surface area (Å²) in [6.07, 6.45) is 0. The van der Waals surface area contributed by atoms with Gasteiger partial charge in [-0.05, 0) is 42.8 Å². The summed E-state index contributed by atoms with van der Waals surface area (Å²) in [6, 6.07) is 10.4. The van der Waals surface area contributed by atoms with Gasteiger partial charge >= 0.3 is 0 Å². The molecule has 0 saturated carbocycles. The van der Waals surface area contributed by atoms with Crippen LogP contribution >= 0.6 is 15.9 Å². The van der Waals surface area contributed by atoms with Crippen LogP contribution < -0.4 is 10.1 Å². The number of sulfonamides is 1. The Morgan fingerprint density at radius 1 is 1.25 bits per heavy atom. The summed E-state index contributed by atoms with van der Waals surface area (Å²) in [5.74, 6) is -1.15. The van der Waals surface area contributed by atoms with Crippen molar-refractivity contribution in [2.24, 2.45) is 0 Å². The van der Waals surface area contributed by atoms with Crippen LogP contribution in [0.15, 0.2) is 51.8 Å². The minimum Gasteiger partial charge on any atom is -0.495 e. The van der Waals surface area contributed by atoms with E-state index in [1.165, 1.54) is 13.2 Å². The van der Waals surface area contributed by atoms with Crippen LogP contribution in [0.4, 0.5) is 4.39 Å². The van der Waals surface area contributed by atoms with Gasteiger partial charge in [0.1, 0.15) is 16.5 Å². The van der Waals surface area contributed by atoms with E-state index in [1.807, 2.05) is 31.2 Å². The molecule has 1 amide bonds. The molecule has 0 fully saturated rings. The number of hydrogen-bond acceptors (Lipinski definition) is 4. The smallest absolute Gasteiger partial charge is 0.247 e. The summed E-state index contributed by atoms with van der Waals surface area (Å²) in [4.78, 5) is 12.1. The van der Waals surface area contributed by atoms with E-state index in [2.05, 4.69) is 21.2 Å². The first-order chi connectivity index (χ1) is 13.2. The molecule has 6 nitrogen and oxygen atoms in total. The predicted octanol–water partition coefficient (Wildman–Crippen LogP) is 3.48. The summed E-state index contributed by atoms with van der Waals surface area (Å²) in [5, 5.41) is 2.78. The summed E-state index contributed by atoms with van der Waals surface area (Å²) in [6.45, 7) is 3.07. The lowest BCUT2D eigenvalue weighted by atomic mass is 10.1. The van der Waals surface area contributed by atoms with Gasteiger partial charge in [-0.1, -0.05) is 35.0 Å². The van der Waals surface area contributed by atoms with E-state index in [1.54, 1.807) is 6.92 Å². The van der Waals surface area contributed by atoms with Crippen LogP contribution in [-0.2, 0) is 14.8 Å². The van der Waals surface area contributed by atoms with E-state index in [0.717, 1.165) is 26.5 Å². The molecule has 0 saturated heterocycles. The molecule has 2 aromatic rings. The van der Waals surface area contributed by atoms with Gasteiger partial charge in [0.05, 0.1) is 19.7 Å². The number of likely N-dealkylation sites (N-methyl/N-ethyl adjacent to an activating group) is 1. The fourth-order valence-corrected chi connectivity index (χ4v) is 4.48. The Labute approximate surface area is 172 Å². The first-order valence-corrected chi connectivity index (χ1v) is 10.8. The number of methoxy groups -OCH3 is 1. The van der Waals surface area contributed by atoms with Crippen molar-refractivity contribution in [2.75, 3.05) is 20.2 Å². The SMILES string of the molecule is CCN(CC(=O)N[C@@H](C)c1ccc(Br)cc1)S(=O)(=O)c1cc(F)ccc1OC. The van der Waals surface area contributed by atoms with E-state index in [9.17, 15) is 17.6 Å². The van der Waals surface area contributed by atoms with Crippen LogP contribution in [0.3, 0.4) is 0 Å². The molecule has 0 bridgehead atoms.